The van der Waals surface area contributed by atoms with E-state index in [1.54, 1.807) is 0 Å². The van der Waals surface area contributed by atoms with Crippen LogP contribution in [0.5, 0.6) is 5.75 Å². The molecule has 10 rings (SSSR count). The minimum Gasteiger partial charge on any atom is -0.484 e. The Morgan fingerprint density at radius 2 is 0.719 bits per heavy atom. The molecule has 2 atom stereocenters. The van der Waals surface area contributed by atoms with Crippen molar-refractivity contribution in [3.63, 3.8) is 0 Å². The number of Topliss-reactive ketones (excluding diaryl/α,β-unsaturated/α-hetero) is 1. The van der Waals surface area contributed by atoms with E-state index < -0.39 is 0 Å². The van der Waals surface area contributed by atoms with Crippen LogP contribution in [0.2, 0.25) is 0 Å². The number of ketones is 1. The van der Waals surface area contributed by atoms with Crippen LogP contribution in [-0.4, -0.2) is 11.9 Å². The first-order valence-corrected chi connectivity index (χ1v) is 19.5. The maximum atomic E-state index is 13.5. The lowest BCUT2D eigenvalue weighted by Crippen LogP contribution is -2.36. The largest absolute Gasteiger partial charge is 0.484 e. The maximum Gasteiger partial charge on any atom is 0.177 e. The molecule has 270 valence electrons. The second kappa shape index (κ2) is 14.7. The van der Waals surface area contributed by atoms with E-state index in [1.807, 2.05) is 30.3 Å². The van der Waals surface area contributed by atoms with E-state index >= 15 is 0 Å². The van der Waals surface area contributed by atoms with Crippen LogP contribution in [0, 0.1) is 5.92 Å². The molecule has 1 aliphatic carbocycles. The molecule has 2 aliphatic rings. The predicted octanol–water partition coefficient (Wildman–Crippen LogP) is 13.9. The lowest BCUT2D eigenvalue weighted by Gasteiger charge is -2.31. The van der Waals surface area contributed by atoms with Crippen LogP contribution in [0.15, 0.2) is 218 Å². The summed E-state index contributed by atoms with van der Waals surface area (Å²) >= 11 is 0. The number of allylic oxidation sites excluding steroid dienone is 2. The minimum absolute atomic E-state index is 0.104. The normalized spacial score (nSPS) is 15.6. The number of carbonyl (C=O) groups excluding carboxylic acids is 1. The van der Waals surface area contributed by atoms with Crippen LogP contribution in [0.1, 0.15) is 15.9 Å². The van der Waals surface area contributed by atoms with E-state index in [0.29, 0.717) is 11.3 Å². The third-order valence-corrected chi connectivity index (χ3v) is 11.2. The van der Waals surface area contributed by atoms with Crippen molar-refractivity contribution in [2.45, 2.75) is 6.10 Å². The van der Waals surface area contributed by atoms with Crippen LogP contribution >= 0.6 is 0 Å². The second-order valence-corrected chi connectivity index (χ2v) is 14.8. The van der Waals surface area contributed by atoms with Crippen molar-refractivity contribution in [2.75, 3.05) is 0 Å². The quantitative estimate of drug-likeness (QED) is 0.163. The summed E-state index contributed by atoms with van der Waals surface area (Å²) in [5.41, 5.74) is 16.7. The highest BCUT2D eigenvalue weighted by atomic mass is 16.5. The first kappa shape index (κ1) is 34.2. The number of hydrogen-bond acceptors (Lipinski definition) is 2. The van der Waals surface area contributed by atoms with E-state index in [4.69, 9.17) is 4.74 Å². The Bertz CT molecular complexity index is 2740. The Morgan fingerprint density at radius 3 is 1.23 bits per heavy atom. The molecule has 0 saturated heterocycles. The molecule has 2 heteroatoms. The van der Waals surface area contributed by atoms with Crippen molar-refractivity contribution < 1.29 is 9.53 Å². The Labute approximate surface area is 333 Å². The molecule has 57 heavy (non-hydrogen) atoms. The minimum atomic E-state index is -0.352. The van der Waals surface area contributed by atoms with Gasteiger partial charge in [0.2, 0.25) is 0 Å². The third-order valence-electron chi connectivity index (χ3n) is 11.2. The summed E-state index contributed by atoms with van der Waals surface area (Å²) in [5.74, 6) is 0.411. The number of para-hydroxylation sites is 1. The topological polar surface area (TPSA) is 26.3 Å². The van der Waals surface area contributed by atoms with E-state index in [-0.39, 0.29) is 17.8 Å². The summed E-state index contributed by atoms with van der Waals surface area (Å²) in [4.78, 5) is 13.5. The highest BCUT2D eigenvalue weighted by Crippen LogP contribution is 2.39. The highest BCUT2D eigenvalue weighted by Gasteiger charge is 2.36. The average Bonchev–Trinajstić information content (AvgIpc) is 3.29. The van der Waals surface area contributed by atoms with E-state index in [1.165, 1.54) is 33.4 Å². The Balaban J connectivity index is 1.03. The van der Waals surface area contributed by atoms with Crippen molar-refractivity contribution in [1.29, 1.82) is 0 Å². The van der Waals surface area contributed by atoms with Gasteiger partial charge in [-0.3, -0.25) is 4.79 Å². The fourth-order valence-electron chi connectivity index (χ4n) is 8.19. The van der Waals surface area contributed by atoms with Crippen molar-refractivity contribution >= 4 is 11.4 Å². The lowest BCUT2D eigenvalue weighted by atomic mass is 9.83. The predicted molar refractivity (Wildman–Crippen MR) is 235 cm³/mol. The fourth-order valence-corrected chi connectivity index (χ4v) is 8.19. The molecule has 8 aromatic carbocycles. The van der Waals surface area contributed by atoms with E-state index in [0.717, 1.165) is 44.5 Å². The van der Waals surface area contributed by atoms with Crippen LogP contribution < -0.4 is 4.74 Å². The fraction of sp³-hybridized carbons (Fsp3) is 0.0364. The second-order valence-electron chi connectivity index (χ2n) is 14.8. The van der Waals surface area contributed by atoms with Crippen LogP contribution in [0.4, 0.5) is 0 Å². The summed E-state index contributed by atoms with van der Waals surface area (Å²) in [6.07, 6.45) is 5.89. The molecule has 0 amide bonds. The Morgan fingerprint density at radius 1 is 0.351 bits per heavy atom. The number of rotatable bonds is 7. The summed E-state index contributed by atoms with van der Waals surface area (Å²) in [5, 5.41) is 0. The smallest absolute Gasteiger partial charge is 0.177 e. The van der Waals surface area contributed by atoms with E-state index in [9.17, 15) is 4.79 Å². The van der Waals surface area contributed by atoms with Gasteiger partial charge in [-0.25, -0.2) is 0 Å². The van der Waals surface area contributed by atoms with Gasteiger partial charge in [0.15, 0.2) is 5.78 Å². The molecule has 2 unspecified atom stereocenters. The van der Waals surface area contributed by atoms with Gasteiger partial charge in [0, 0.05) is 0 Å². The van der Waals surface area contributed by atoms with Crippen molar-refractivity contribution in [2.24, 2.45) is 5.92 Å². The van der Waals surface area contributed by atoms with Crippen LogP contribution in [0.25, 0.3) is 72.3 Å². The Kier molecular flexibility index (Phi) is 8.85. The maximum absolute atomic E-state index is 13.5. The molecule has 0 radical (unpaired) electrons. The molecule has 8 aromatic rings. The number of hydrogen-bond donors (Lipinski definition) is 0. The number of ether oxygens (including phenoxy) is 1. The molecule has 0 bridgehead atoms. The zero-order valence-corrected chi connectivity index (χ0v) is 31.3. The van der Waals surface area contributed by atoms with E-state index in [2.05, 4.69) is 188 Å². The van der Waals surface area contributed by atoms with Gasteiger partial charge >= 0.3 is 0 Å². The number of benzene rings is 8. The number of carbonyl (C=O) groups is 1. The molecule has 0 N–H and O–H groups in total. The van der Waals surface area contributed by atoms with Gasteiger partial charge in [0.1, 0.15) is 11.9 Å². The molecule has 0 fully saturated rings. The first-order chi connectivity index (χ1) is 28.1. The van der Waals surface area contributed by atoms with Gasteiger partial charge < -0.3 is 4.74 Å². The van der Waals surface area contributed by atoms with Crippen LogP contribution in [0.3, 0.4) is 0 Å². The number of fused-ring (bicyclic) bond motifs is 2. The van der Waals surface area contributed by atoms with Crippen LogP contribution in [-0.2, 0) is 0 Å². The highest BCUT2D eigenvalue weighted by molar-refractivity contribution is 6.04. The monoisotopic (exact) mass is 730 g/mol. The van der Waals surface area contributed by atoms with Crippen molar-refractivity contribution in [3.05, 3.63) is 230 Å². The summed E-state index contributed by atoms with van der Waals surface area (Å²) in [7, 11) is 0. The molecule has 1 heterocycles. The zero-order chi connectivity index (χ0) is 38.1. The third kappa shape index (κ3) is 6.83. The summed E-state index contributed by atoms with van der Waals surface area (Å²) < 4.78 is 6.21. The molecular formula is C55H38O2. The lowest BCUT2D eigenvalue weighted by molar-refractivity contribution is 0.0807. The molecule has 0 saturated carbocycles. The van der Waals surface area contributed by atoms with Crippen molar-refractivity contribution in [1.82, 2.24) is 0 Å². The standard InChI is InChI=1S/C55H38O2/c56-55-51-25-7-8-26-53(51)57-54-28-27-47(36-52(54)55)43-21-11-19-41(31-43)42-20-12-24-46(32-42)50-34-48(44-22-9-17-39(29-44)37-13-3-1-4-14-37)33-49(35-50)45-23-10-18-40(30-45)38-15-5-2-6-16-38/h1-36,52,54H. The first-order valence-electron chi connectivity index (χ1n) is 19.5. The Hall–Kier alpha value is -7.29. The molecule has 0 spiro atoms. The molecule has 1 aliphatic heterocycles. The van der Waals surface area contributed by atoms with Gasteiger partial charge in [0.05, 0.1) is 11.5 Å². The van der Waals surface area contributed by atoms with Gasteiger partial charge in [-0.05, 0) is 139 Å². The molecule has 2 nitrogen and oxygen atoms in total. The van der Waals surface area contributed by atoms with Gasteiger partial charge in [-0.15, -0.1) is 0 Å². The van der Waals surface area contributed by atoms with Gasteiger partial charge in [-0.2, -0.15) is 0 Å². The summed E-state index contributed by atoms with van der Waals surface area (Å²) in [6.45, 7) is 0. The van der Waals surface area contributed by atoms with Crippen molar-refractivity contribution in [3.8, 4) is 72.5 Å². The SMILES string of the molecule is O=C1c2ccccc2OC2C=CC(c3cccc(-c4cccc(-c5cc(-c6cccc(-c7ccccc7)c6)cc(-c6cccc(-c7ccccc7)c6)c5)c4)c3)=CC12. The average molecular weight is 731 g/mol. The zero-order valence-electron chi connectivity index (χ0n) is 31.3. The van der Waals surface area contributed by atoms with Gasteiger partial charge in [-0.1, -0.05) is 158 Å². The summed E-state index contributed by atoms with van der Waals surface area (Å²) in [6, 6.07) is 70.7. The molecule has 0 aromatic heterocycles. The molecular weight excluding hydrogens is 693 g/mol. The van der Waals surface area contributed by atoms with Gasteiger partial charge in [0.25, 0.3) is 0 Å².